The lowest BCUT2D eigenvalue weighted by atomic mass is 10.1. The predicted octanol–water partition coefficient (Wildman–Crippen LogP) is 4.36. The SMILES string of the molecule is Oc1ccc2ccccc2c1N=Nc1ccncc1. The highest BCUT2D eigenvalue weighted by Crippen LogP contribution is 2.35. The van der Waals surface area contributed by atoms with Crippen LogP contribution in [0, 0.1) is 0 Å². The van der Waals surface area contributed by atoms with Crippen LogP contribution in [0.3, 0.4) is 0 Å². The van der Waals surface area contributed by atoms with Crippen molar-refractivity contribution in [1.29, 1.82) is 0 Å². The number of rotatable bonds is 2. The zero-order valence-electron chi connectivity index (χ0n) is 10.1. The molecule has 3 rings (SSSR count). The Labute approximate surface area is 110 Å². The van der Waals surface area contributed by atoms with Gasteiger partial charge in [-0.25, -0.2) is 0 Å². The molecule has 0 spiro atoms. The number of hydrogen-bond acceptors (Lipinski definition) is 4. The zero-order chi connectivity index (χ0) is 13.1. The number of phenols is 1. The number of fused-ring (bicyclic) bond motifs is 1. The number of azo groups is 1. The van der Waals surface area contributed by atoms with Crippen molar-refractivity contribution < 1.29 is 5.11 Å². The summed E-state index contributed by atoms with van der Waals surface area (Å²) in [4.78, 5) is 3.92. The molecule has 4 nitrogen and oxygen atoms in total. The van der Waals surface area contributed by atoms with Crippen molar-refractivity contribution in [2.45, 2.75) is 0 Å². The second-order valence-electron chi connectivity index (χ2n) is 4.06. The fourth-order valence-corrected chi connectivity index (χ4v) is 1.87. The van der Waals surface area contributed by atoms with Crippen LogP contribution in [0.5, 0.6) is 5.75 Å². The van der Waals surface area contributed by atoms with Crippen LogP contribution in [-0.4, -0.2) is 10.1 Å². The largest absolute Gasteiger partial charge is 0.506 e. The zero-order valence-corrected chi connectivity index (χ0v) is 10.1. The highest BCUT2D eigenvalue weighted by molar-refractivity contribution is 5.95. The van der Waals surface area contributed by atoms with Crippen molar-refractivity contribution in [3.05, 3.63) is 60.9 Å². The van der Waals surface area contributed by atoms with Gasteiger partial charge in [-0.3, -0.25) is 4.98 Å². The van der Waals surface area contributed by atoms with E-state index in [-0.39, 0.29) is 5.75 Å². The maximum absolute atomic E-state index is 9.92. The van der Waals surface area contributed by atoms with Crippen molar-refractivity contribution in [3.63, 3.8) is 0 Å². The third-order valence-corrected chi connectivity index (χ3v) is 2.81. The van der Waals surface area contributed by atoms with Gasteiger partial charge >= 0.3 is 0 Å². The first-order valence-electron chi connectivity index (χ1n) is 5.87. The minimum Gasteiger partial charge on any atom is -0.506 e. The summed E-state index contributed by atoms with van der Waals surface area (Å²) in [5, 5.41) is 20.1. The molecule has 0 aliphatic heterocycles. The highest BCUT2D eigenvalue weighted by atomic mass is 16.3. The van der Waals surface area contributed by atoms with E-state index in [1.54, 1.807) is 30.6 Å². The third-order valence-electron chi connectivity index (χ3n) is 2.81. The molecule has 0 aliphatic rings. The number of nitrogens with zero attached hydrogens (tertiary/aromatic N) is 3. The summed E-state index contributed by atoms with van der Waals surface area (Å²) < 4.78 is 0. The monoisotopic (exact) mass is 249 g/mol. The molecular weight excluding hydrogens is 238 g/mol. The molecule has 0 bridgehead atoms. The third kappa shape index (κ3) is 2.28. The van der Waals surface area contributed by atoms with Gasteiger partial charge < -0.3 is 5.11 Å². The van der Waals surface area contributed by atoms with E-state index in [9.17, 15) is 5.11 Å². The average molecular weight is 249 g/mol. The summed E-state index contributed by atoms with van der Waals surface area (Å²) in [6, 6.07) is 14.7. The van der Waals surface area contributed by atoms with E-state index in [4.69, 9.17) is 0 Å². The van der Waals surface area contributed by atoms with Gasteiger partial charge in [-0.15, -0.1) is 5.11 Å². The number of phenolic OH excluding ortho intramolecular Hbond substituents is 1. The van der Waals surface area contributed by atoms with Gasteiger partial charge in [0.05, 0.1) is 5.69 Å². The Hall–Kier alpha value is -2.75. The van der Waals surface area contributed by atoms with Crippen LogP contribution in [-0.2, 0) is 0 Å². The molecule has 1 N–H and O–H groups in total. The second-order valence-corrected chi connectivity index (χ2v) is 4.06. The van der Waals surface area contributed by atoms with Gasteiger partial charge in [0.25, 0.3) is 0 Å². The van der Waals surface area contributed by atoms with Crippen LogP contribution in [0.4, 0.5) is 11.4 Å². The van der Waals surface area contributed by atoms with Crippen LogP contribution in [0.2, 0.25) is 0 Å². The minimum absolute atomic E-state index is 0.122. The fourth-order valence-electron chi connectivity index (χ4n) is 1.87. The van der Waals surface area contributed by atoms with Gasteiger partial charge in [-0.1, -0.05) is 30.3 Å². The molecular formula is C15H11N3O. The Morgan fingerprint density at radius 3 is 2.47 bits per heavy atom. The molecule has 1 aromatic heterocycles. The fraction of sp³-hybridized carbons (Fsp3) is 0. The standard InChI is InChI=1S/C15H11N3O/c19-14-6-5-11-3-1-2-4-13(11)15(14)18-17-12-7-9-16-10-8-12/h1-10,19H. The van der Waals surface area contributed by atoms with E-state index < -0.39 is 0 Å². The normalized spacial score (nSPS) is 11.2. The molecule has 0 saturated heterocycles. The lowest BCUT2D eigenvalue weighted by Crippen LogP contribution is -1.74. The summed E-state index contributed by atoms with van der Waals surface area (Å²) in [6.07, 6.45) is 3.30. The quantitative estimate of drug-likeness (QED) is 0.686. The van der Waals surface area contributed by atoms with Gasteiger partial charge in [-0.05, 0) is 23.6 Å². The average Bonchev–Trinajstić information content (AvgIpc) is 2.47. The Kier molecular flexibility index (Phi) is 2.90. The molecule has 2 aromatic carbocycles. The van der Waals surface area contributed by atoms with Gasteiger partial charge in [0.1, 0.15) is 11.4 Å². The Morgan fingerprint density at radius 1 is 0.842 bits per heavy atom. The Balaban J connectivity index is 2.10. The molecule has 92 valence electrons. The maximum atomic E-state index is 9.92. The summed E-state index contributed by atoms with van der Waals surface area (Å²) >= 11 is 0. The van der Waals surface area contributed by atoms with Gasteiger partial charge in [0.15, 0.2) is 0 Å². The number of pyridine rings is 1. The molecule has 0 fully saturated rings. The molecule has 1 heterocycles. The maximum Gasteiger partial charge on any atom is 0.143 e. The highest BCUT2D eigenvalue weighted by Gasteiger charge is 2.05. The van der Waals surface area contributed by atoms with Crippen molar-refractivity contribution in [3.8, 4) is 5.75 Å². The van der Waals surface area contributed by atoms with E-state index in [2.05, 4.69) is 15.2 Å². The Bertz CT molecular complexity index is 739. The molecule has 19 heavy (non-hydrogen) atoms. The first kappa shape index (κ1) is 11.3. The van der Waals surface area contributed by atoms with E-state index in [1.165, 1.54) is 0 Å². The summed E-state index contributed by atoms with van der Waals surface area (Å²) in [5.74, 6) is 0.122. The first-order valence-corrected chi connectivity index (χ1v) is 5.87. The summed E-state index contributed by atoms with van der Waals surface area (Å²) in [6.45, 7) is 0. The molecule has 4 heteroatoms. The second kappa shape index (κ2) is 4.86. The minimum atomic E-state index is 0.122. The first-order chi connectivity index (χ1) is 9.34. The molecule has 0 atom stereocenters. The lowest BCUT2D eigenvalue weighted by molar-refractivity contribution is 0.477. The molecule has 0 radical (unpaired) electrons. The summed E-state index contributed by atoms with van der Waals surface area (Å²) in [5.41, 5.74) is 1.18. The van der Waals surface area contributed by atoms with E-state index in [0.717, 1.165) is 10.8 Å². The van der Waals surface area contributed by atoms with Crippen molar-refractivity contribution >= 4 is 22.1 Å². The van der Waals surface area contributed by atoms with Gasteiger partial charge in [-0.2, -0.15) is 5.11 Å². The van der Waals surface area contributed by atoms with Crippen LogP contribution in [0.15, 0.2) is 71.2 Å². The molecule has 0 amide bonds. The number of aromatic hydroxyl groups is 1. The van der Waals surface area contributed by atoms with Crippen LogP contribution in [0.1, 0.15) is 0 Å². The van der Waals surface area contributed by atoms with E-state index in [0.29, 0.717) is 11.4 Å². The summed E-state index contributed by atoms with van der Waals surface area (Å²) in [7, 11) is 0. The topological polar surface area (TPSA) is 57.8 Å². The smallest absolute Gasteiger partial charge is 0.143 e. The Morgan fingerprint density at radius 2 is 1.63 bits per heavy atom. The van der Waals surface area contributed by atoms with Crippen molar-refractivity contribution in [1.82, 2.24) is 4.98 Å². The molecule has 3 aromatic rings. The number of hydrogen-bond donors (Lipinski definition) is 1. The molecule has 0 unspecified atom stereocenters. The van der Waals surface area contributed by atoms with E-state index in [1.807, 2.05) is 30.3 Å². The molecule has 0 saturated carbocycles. The van der Waals surface area contributed by atoms with Crippen LogP contribution in [0.25, 0.3) is 10.8 Å². The van der Waals surface area contributed by atoms with Crippen LogP contribution >= 0.6 is 0 Å². The molecule has 0 aliphatic carbocycles. The van der Waals surface area contributed by atoms with E-state index >= 15 is 0 Å². The van der Waals surface area contributed by atoms with Crippen molar-refractivity contribution in [2.75, 3.05) is 0 Å². The van der Waals surface area contributed by atoms with Gasteiger partial charge in [0, 0.05) is 17.8 Å². The predicted molar refractivity (Wildman–Crippen MR) is 74.0 cm³/mol. The number of benzene rings is 2. The van der Waals surface area contributed by atoms with Gasteiger partial charge in [0.2, 0.25) is 0 Å². The lowest BCUT2D eigenvalue weighted by Gasteiger charge is -2.03. The van der Waals surface area contributed by atoms with Crippen molar-refractivity contribution in [2.24, 2.45) is 10.2 Å². The van der Waals surface area contributed by atoms with Crippen LogP contribution < -0.4 is 0 Å². The number of aromatic nitrogens is 1.